The highest BCUT2D eigenvalue weighted by molar-refractivity contribution is 5.66. The van der Waals surface area contributed by atoms with Crippen LogP contribution in [0.4, 0.5) is 5.69 Å². The Labute approximate surface area is 112 Å². The zero-order chi connectivity index (χ0) is 13.2. The first kappa shape index (κ1) is 12.0. The molecule has 1 saturated heterocycles. The van der Waals surface area contributed by atoms with E-state index < -0.39 is 0 Å². The van der Waals surface area contributed by atoms with Crippen LogP contribution in [0.2, 0.25) is 0 Å². The van der Waals surface area contributed by atoms with Crippen molar-refractivity contribution in [3.63, 3.8) is 0 Å². The van der Waals surface area contributed by atoms with Gasteiger partial charge in [0.25, 0.3) is 5.56 Å². The summed E-state index contributed by atoms with van der Waals surface area (Å²) >= 11 is 0. The quantitative estimate of drug-likeness (QED) is 0.896. The van der Waals surface area contributed by atoms with Crippen molar-refractivity contribution in [3.05, 3.63) is 46.2 Å². The van der Waals surface area contributed by atoms with Gasteiger partial charge in [-0.1, -0.05) is 6.07 Å². The number of nitrogens with zero attached hydrogens (tertiary/aromatic N) is 2. The van der Waals surface area contributed by atoms with Gasteiger partial charge in [0.05, 0.1) is 5.69 Å². The lowest BCUT2D eigenvalue weighted by Crippen LogP contribution is -2.18. The number of H-pyrrole nitrogens is 1. The molecule has 1 aliphatic rings. The summed E-state index contributed by atoms with van der Waals surface area (Å²) in [6.45, 7) is 4.43. The van der Waals surface area contributed by atoms with Crippen molar-refractivity contribution in [3.8, 4) is 11.3 Å². The lowest BCUT2D eigenvalue weighted by atomic mass is 10.1. The van der Waals surface area contributed by atoms with E-state index in [2.05, 4.69) is 40.2 Å². The van der Waals surface area contributed by atoms with E-state index in [1.54, 1.807) is 6.07 Å². The van der Waals surface area contributed by atoms with Gasteiger partial charge >= 0.3 is 0 Å². The summed E-state index contributed by atoms with van der Waals surface area (Å²) in [4.78, 5) is 13.5. The summed E-state index contributed by atoms with van der Waals surface area (Å²) in [7, 11) is 0. The highest BCUT2D eigenvalue weighted by Gasteiger charge is 2.14. The highest BCUT2D eigenvalue weighted by Crippen LogP contribution is 2.27. The molecular weight excluding hydrogens is 238 g/mol. The Balaban J connectivity index is 1.94. The third-order valence-corrected chi connectivity index (χ3v) is 3.62. The zero-order valence-electron chi connectivity index (χ0n) is 11.0. The van der Waals surface area contributed by atoms with Crippen molar-refractivity contribution < 1.29 is 0 Å². The highest BCUT2D eigenvalue weighted by atomic mass is 16.1. The summed E-state index contributed by atoms with van der Waals surface area (Å²) in [5.41, 5.74) is 4.24. The predicted molar refractivity (Wildman–Crippen MR) is 76.5 cm³/mol. The van der Waals surface area contributed by atoms with Gasteiger partial charge in [0.2, 0.25) is 0 Å². The van der Waals surface area contributed by atoms with Gasteiger partial charge < -0.3 is 4.90 Å². The molecule has 2 heterocycles. The first-order valence-corrected chi connectivity index (χ1v) is 6.66. The molecule has 98 valence electrons. The van der Waals surface area contributed by atoms with Crippen molar-refractivity contribution >= 4 is 5.69 Å². The van der Waals surface area contributed by atoms with Crippen LogP contribution in [0.5, 0.6) is 0 Å². The monoisotopic (exact) mass is 255 g/mol. The van der Waals surface area contributed by atoms with Gasteiger partial charge in [0, 0.05) is 30.4 Å². The maximum atomic E-state index is 11.0. The average Bonchev–Trinajstić information content (AvgIpc) is 2.93. The van der Waals surface area contributed by atoms with Crippen molar-refractivity contribution in [1.29, 1.82) is 0 Å². The third kappa shape index (κ3) is 2.38. The molecule has 3 rings (SSSR count). The Morgan fingerprint density at radius 1 is 1.16 bits per heavy atom. The molecule has 4 heteroatoms. The normalized spacial score (nSPS) is 14.9. The van der Waals surface area contributed by atoms with E-state index in [1.165, 1.54) is 30.2 Å². The van der Waals surface area contributed by atoms with Crippen molar-refractivity contribution in [2.24, 2.45) is 0 Å². The van der Waals surface area contributed by atoms with Crippen LogP contribution in [0.1, 0.15) is 18.4 Å². The fraction of sp³-hybridized carbons (Fsp3) is 0.333. The van der Waals surface area contributed by atoms with E-state index in [-0.39, 0.29) is 5.56 Å². The van der Waals surface area contributed by atoms with Gasteiger partial charge in [-0.25, -0.2) is 5.10 Å². The van der Waals surface area contributed by atoms with Crippen LogP contribution in [0.15, 0.2) is 35.1 Å². The Morgan fingerprint density at radius 2 is 1.95 bits per heavy atom. The molecule has 0 spiro atoms. The summed E-state index contributed by atoms with van der Waals surface area (Å²) in [6.07, 6.45) is 2.56. The number of benzene rings is 1. The number of hydrogen-bond acceptors (Lipinski definition) is 3. The molecule has 1 fully saturated rings. The van der Waals surface area contributed by atoms with Gasteiger partial charge in [-0.15, -0.1) is 0 Å². The number of anilines is 1. The summed E-state index contributed by atoms with van der Waals surface area (Å²) in [5.74, 6) is 0. The molecule has 0 atom stereocenters. The largest absolute Gasteiger partial charge is 0.371 e. The number of aromatic nitrogens is 2. The Hall–Kier alpha value is -2.10. The number of aromatic amines is 1. The Morgan fingerprint density at radius 3 is 2.58 bits per heavy atom. The first-order valence-electron chi connectivity index (χ1n) is 6.66. The lowest BCUT2D eigenvalue weighted by Gasteiger charge is -2.20. The summed E-state index contributed by atoms with van der Waals surface area (Å²) in [6, 6.07) is 9.62. The molecule has 1 aliphatic heterocycles. The predicted octanol–water partition coefficient (Wildman–Crippen LogP) is 2.35. The van der Waals surface area contributed by atoms with Gasteiger partial charge in [-0.3, -0.25) is 4.79 Å². The molecule has 0 bridgehead atoms. The van der Waals surface area contributed by atoms with E-state index in [1.807, 2.05) is 0 Å². The van der Waals surface area contributed by atoms with Crippen LogP contribution in [0.25, 0.3) is 11.3 Å². The molecule has 0 unspecified atom stereocenters. The lowest BCUT2D eigenvalue weighted by molar-refractivity contribution is 0.949. The topological polar surface area (TPSA) is 49.0 Å². The minimum absolute atomic E-state index is 0.172. The molecule has 4 nitrogen and oxygen atoms in total. The molecule has 19 heavy (non-hydrogen) atoms. The van der Waals surface area contributed by atoms with Crippen LogP contribution >= 0.6 is 0 Å². The number of aryl methyl sites for hydroxylation is 1. The Bertz CT molecular complexity index is 622. The van der Waals surface area contributed by atoms with E-state index in [0.29, 0.717) is 0 Å². The molecule has 0 aliphatic carbocycles. The molecule has 0 radical (unpaired) electrons. The molecule has 1 aromatic carbocycles. The van der Waals surface area contributed by atoms with Gasteiger partial charge in [0.1, 0.15) is 0 Å². The van der Waals surface area contributed by atoms with Gasteiger partial charge in [0.15, 0.2) is 0 Å². The summed E-state index contributed by atoms with van der Waals surface area (Å²) < 4.78 is 0. The molecule has 0 amide bonds. The van der Waals surface area contributed by atoms with E-state index >= 15 is 0 Å². The minimum Gasteiger partial charge on any atom is -0.371 e. The van der Waals surface area contributed by atoms with Crippen LogP contribution < -0.4 is 10.5 Å². The van der Waals surface area contributed by atoms with Crippen molar-refractivity contribution in [1.82, 2.24) is 10.2 Å². The molecular formula is C15H17N3O. The Kier molecular flexibility index (Phi) is 3.07. The van der Waals surface area contributed by atoms with Gasteiger partial charge in [-0.05, 0) is 43.5 Å². The third-order valence-electron chi connectivity index (χ3n) is 3.62. The molecule has 0 saturated carbocycles. The smallest absolute Gasteiger partial charge is 0.264 e. The van der Waals surface area contributed by atoms with Crippen LogP contribution in [-0.4, -0.2) is 23.3 Å². The summed E-state index contributed by atoms with van der Waals surface area (Å²) in [5, 5.41) is 6.54. The van der Waals surface area contributed by atoms with Crippen LogP contribution in [0.3, 0.4) is 0 Å². The van der Waals surface area contributed by atoms with Crippen molar-refractivity contribution in [2.45, 2.75) is 19.8 Å². The maximum absolute atomic E-state index is 11.0. The molecule has 1 N–H and O–H groups in total. The second-order valence-electron chi connectivity index (χ2n) is 5.00. The SMILES string of the molecule is Cc1cc(-c2ccc(=O)[nH]n2)ccc1N1CCCC1. The number of nitrogens with one attached hydrogen (secondary N) is 1. The standard InChI is InChI=1S/C15H17N3O/c1-11-10-12(13-5-7-15(19)17-16-13)4-6-14(11)18-8-2-3-9-18/h4-7,10H,2-3,8-9H2,1H3,(H,17,19). The van der Waals surface area contributed by atoms with E-state index in [0.717, 1.165) is 24.3 Å². The second kappa shape index (κ2) is 4.88. The van der Waals surface area contributed by atoms with Gasteiger partial charge in [-0.2, -0.15) is 5.10 Å². The van der Waals surface area contributed by atoms with E-state index in [9.17, 15) is 4.79 Å². The van der Waals surface area contributed by atoms with Crippen LogP contribution in [-0.2, 0) is 0 Å². The number of hydrogen-bond donors (Lipinski definition) is 1. The fourth-order valence-electron chi connectivity index (χ4n) is 2.63. The molecule has 1 aromatic heterocycles. The second-order valence-corrected chi connectivity index (χ2v) is 5.00. The van der Waals surface area contributed by atoms with Crippen LogP contribution in [0, 0.1) is 6.92 Å². The van der Waals surface area contributed by atoms with Crippen molar-refractivity contribution in [2.75, 3.05) is 18.0 Å². The fourth-order valence-corrected chi connectivity index (χ4v) is 2.63. The number of rotatable bonds is 2. The molecule has 2 aromatic rings. The average molecular weight is 255 g/mol. The zero-order valence-corrected chi connectivity index (χ0v) is 11.0. The maximum Gasteiger partial charge on any atom is 0.264 e. The first-order chi connectivity index (χ1) is 9.24. The minimum atomic E-state index is -0.172. The van der Waals surface area contributed by atoms with E-state index in [4.69, 9.17) is 0 Å².